The molecule has 2 fully saturated rings. The van der Waals surface area contributed by atoms with Gasteiger partial charge in [-0.2, -0.15) is 0 Å². The molecule has 0 aromatic heterocycles. The van der Waals surface area contributed by atoms with Crippen LogP contribution in [-0.2, 0) is 0 Å². The van der Waals surface area contributed by atoms with Crippen LogP contribution in [0.2, 0.25) is 0 Å². The lowest BCUT2D eigenvalue weighted by molar-refractivity contribution is 0.0369. The van der Waals surface area contributed by atoms with E-state index in [4.69, 9.17) is 9.47 Å². The van der Waals surface area contributed by atoms with Gasteiger partial charge in [-0.1, -0.05) is 6.07 Å². The van der Waals surface area contributed by atoms with Crippen LogP contribution in [0.4, 0.5) is 0 Å². The maximum absolute atomic E-state index is 6.00. The molecule has 4 nitrogen and oxygen atoms in total. The molecule has 1 atom stereocenters. The smallest absolute Gasteiger partial charge is 0.161 e. The average molecular weight is 276 g/mol. The highest BCUT2D eigenvalue weighted by Gasteiger charge is 2.26. The number of likely N-dealkylation sites (N-methyl/N-ethyl adjacent to an activating group) is 1. The first-order valence-corrected chi connectivity index (χ1v) is 7.50. The molecule has 20 heavy (non-hydrogen) atoms. The summed E-state index contributed by atoms with van der Waals surface area (Å²) in [5, 5.41) is 3.46. The Morgan fingerprint density at radius 2 is 2.10 bits per heavy atom. The van der Waals surface area contributed by atoms with Crippen molar-refractivity contribution in [3.8, 4) is 11.5 Å². The van der Waals surface area contributed by atoms with Gasteiger partial charge < -0.3 is 14.8 Å². The molecule has 110 valence electrons. The maximum Gasteiger partial charge on any atom is 0.161 e. The normalized spacial score (nSPS) is 24.2. The van der Waals surface area contributed by atoms with Crippen LogP contribution in [-0.4, -0.2) is 51.3 Å². The number of ether oxygens (including phenoxy) is 2. The predicted octanol–water partition coefficient (Wildman–Crippen LogP) is 1.85. The molecule has 2 aliphatic rings. The van der Waals surface area contributed by atoms with Crippen molar-refractivity contribution in [3.63, 3.8) is 0 Å². The van der Waals surface area contributed by atoms with Crippen LogP contribution in [0.15, 0.2) is 18.2 Å². The summed E-state index contributed by atoms with van der Waals surface area (Å²) >= 11 is 0. The van der Waals surface area contributed by atoms with Crippen molar-refractivity contribution in [2.24, 2.45) is 0 Å². The molecule has 0 spiro atoms. The number of methoxy groups -OCH3 is 1. The van der Waals surface area contributed by atoms with Gasteiger partial charge in [-0.25, -0.2) is 0 Å². The van der Waals surface area contributed by atoms with Crippen molar-refractivity contribution >= 4 is 0 Å². The molecule has 2 aliphatic heterocycles. The molecular formula is C16H24N2O2. The Morgan fingerprint density at radius 1 is 1.25 bits per heavy atom. The van der Waals surface area contributed by atoms with Crippen molar-refractivity contribution in [1.82, 2.24) is 10.2 Å². The topological polar surface area (TPSA) is 33.7 Å². The minimum absolute atomic E-state index is 0.302. The Morgan fingerprint density at radius 3 is 2.75 bits per heavy atom. The molecule has 2 heterocycles. The monoisotopic (exact) mass is 276 g/mol. The van der Waals surface area contributed by atoms with Gasteiger partial charge in [-0.3, -0.25) is 4.90 Å². The minimum Gasteiger partial charge on any atom is -0.493 e. The van der Waals surface area contributed by atoms with E-state index in [9.17, 15) is 0 Å². The van der Waals surface area contributed by atoms with Gasteiger partial charge in [-0.05, 0) is 50.0 Å². The summed E-state index contributed by atoms with van der Waals surface area (Å²) in [5.41, 5.74) is 1.35. The number of benzene rings is 1. The Kier molecular flexibility index (Phi) is 4.13. The van der Waals surface area contributed by atoms with E-state index in [1.165, 1.54) is 18.4 Å². The van der Waals surface area contributed by atoms with Crippen LogP contribution in [0.5, 0.6) is 11.5 Å². The van der Waals surface area contributed by atoms with Crippen molar-refractivity contribution < 1.29 is 9.47 Å². The quantitative estimate of drug-likeness (QED) is 0.910. The standard InChI is InChI=1S/C16H24N2O2/c1-18-10-14(11-18)20-15-6-5-12(8-16(15)19-2)13-4-3-7-17-9-13/h5-6,8,13-14,17H,3-4,7,9-11H2,1-2H3. The number of nitrogens with zero attached hydrogens (tertiary/aromatic N) is 1. The summed E-state index contributed by atoms with van der Waals surface area (Å²) in [6, 6.07) is 6.41. The number of hydrogen-bond acceptors (Lipinski definition) is 4. The molecular weight excluding hydrogens is 252 g/mol. The van der Waals surface area contributed by atoms with E-state index in [1.54, 1.807) is 7.11 Å². The van der Waals surface area contributed by atoms with E-state index >= 15 is 0 Å². The van der Waals surface area contributed by atoms with Gasteiger partial charge in [-0.15, -0.1) is 0 Å². The highest BCUT2D eigenvalue weighted by molar-refractivity contribution is 5.44. The highest BCUT2D eigenvalue weighted by atomic mass is 16.5. The lowest BCUT2D eigenvalue weighted by atomic mass is 9.91. The van der Waals surface area contributed by atoms with Crippen LogP contribution in [0.1, 0.15) is 24.3 Å². The number of nitrogens with one attached hydrogen (secondary N) is 1. The number of piperidine rings is 1. The zero-order chi connectivity index (χ0) is 13.9. The van der Waals surface area contributed by atoms with Crippen LogP contribution in [0, 0.1) is 0 Å². The van der Waals surface area contributed by atoms with E-state index in [1.807, 2.05) is 0 Å². The average Bonchev–Trinajstić information content (AvgIpc) is 2.47. The van der Waals surface area contributed by atoms with Gasteiger partial charge in [0.15, 0.2) is 11.5 Å². The highest BCUT2D eigenvalue weighted by Crippen LogP contribution is 2.34. The Bertz CT molecular complexity index is 452. The fourth-order valence-corrected chi connectivity index (χ4v) is 3.07. The molecule has 3 rings (SSSR count). The molecule has 0 aliphatic carbocycles. The molecule has 2 saturated heterocycles. The molecule has 1 aromatic carbocycles. The van der Waals surface area contributed by atoms with E-state index in [0.29, 0.717) is 12.0 Å². The molecule has 0 amide bonds. The second-order valence-electron chi connectivity index (χ2n) is 5.91. The van der Waals surface area contributed by atoms with Crippen LogP contribution >= 0.6 is 0 Å². The van der Waals surface area contributed by atoms with Crippen molar-refractivity contribution in [3.05, 3.63) is 23.8 Å². The van der Waals surface area contributed by atoms with Crippen LogP contribution in [0.25, 0.3) is 0 Å². The fourth-order valence-electron chi connectivity index (χ4n) is 3.07. The van der Waals surface area contributed by atoms with Gasteiger partial charge in [0.1, 0.15) is 6.10 Å². The van der Waals surface area contributed by atoms with E-state index in [-0.39, 0.29) is 0 Å². The maximum atomic E-state index is 6.00. The molecule has 0 bridgehead atoms. The summed E-state index contributed by atoms with van der Waals surface area (Å²) in [5.74, 6) is 2.34. The molecule has 1 N–H and O–H groups in total. The van der Waals surface area contributed by atoms with E-state index in [0.717, 1.165) is 37.7 Å². The fraction of sp³-hybridized carbons (Fsp3) is 0.625. The summed E-state index contributed by atoms with van der Waals surface area (Å²) < 4.78 is 11.5. The van der Waals surface area contributed by atoms with Crippen molar-refractivity contribution in [2.45, 2.75) is 24.9 Å². The molecule has 4 heteroatoms. The van der Waals surface area contributed by atoms with Gasteiger partial charge in [0.2, 0.25) is 0 Å². The van der Waals surface area contributed by atoms with Gasteiger partial charge >= 0.3 is 0 Å². The third kappa shape index (κ3) is 2.91. The van der Waals surface area contributed by atoms with Crippen molar-refractivity contribution in [2.75, 3.05) is 40.3 Å². The molecule has 0 radical (unpaired) electrons. The third-order valence-corrected chi connectivity index (χ3v) is 4.28. The zero-order valence-electron chi connectivity index (χ0n) is 12.4. The summed E-state index contributed by atoms with van der Waals surface area (Å²) in [4.78, 5) is 2.25. The lowest BCUT2D eigenvalue weighted by Gasteiger charge is -2.36. The summed E-state index contributed by atoms with van der Waals surface area (Å²) in [7, 11) is 3.83. The largest absolute Gasteiger partial charge is 0.493 e. The van der Waals surface area contributed by atoms with E-state index < -0.39 is 0 Å². The van der Waals surface area contributed by atoms with Gasteiger partial charge in [0.05, 0.1) is 7.11 Å². The second kappa shape index (κ2) is 6.02. The lowest BCUT2D eigenvalue weighted by Crippen LogP contribution is -2.51. The summed E-state index contributed by atoms with van der Waals surface area (Å²) in [6.45, 7) is 4.20. The first-order valence-electron chi connectivity index (χ1n) is 7.50. The Hall–Kier alpha value is -1.26. The SMILES string of the molecule is COc1cc(C2CCCNC2)ccc1OC1CN(C)C1. The zero-order valence-corrected chi connectivity index (χ0v) is 12.4. The Balaban J connectivity index is 1.71. The minimum atomic E-state index is 0.302. The Labute approximate surface area is 121 Å². The van der Waals surface area contributed by atoms with Gasteiger partial charge in [0, 0.05) is 19.6 Å². The predicted molar refractivity (Wildman–Crippen MR) is 79.8 cm³/mol. The molecule has 1 unspecified atom stereocenters. The second-order valence-corrected chi connectivity index (χ2v) is 5.91. The first kappa shape index (κ1) is 13.7. The number of hydrogen-bond donors (Lipinski definition) is 1. The van der Waals surface area contributed by atoms with Crippen LogP contribution in [0.3, 0.4) is 0 Å². The van der Waals surface area contributed by atoms with Crippen LogP contribution < -0.4 is 14.8 Å². The van der Waals surface area contributed by atoms with E-state index in [2.05, 4.69) is 35.5 Å². The van der Waals surface area contributed by atoms with Gasteiger partial charge in [0.25, 0.3) is 0 Å². The summed E-state index contributed by atoms with van der Waals surface area (Å²) in [6.07, 6.45) is 2.81. The van der Waals surface area contributed by atoms with Crippen molar-refractivity contribution in [1.29, 1.82) is 0 Å². The molecule has 0 saturated carbocycles. The number of rotatable bonds is 4. The first-order chi connectivity index (χ1) is 9.76. The molecule has 1 aromatic rings. The number of likely N-dealkylation sites (tertiary alicyclic amines) is 1. The third-order valence-electron chi connectivity index (χ3n) is 4.28.